The van der Waals surface area contributed by atoms with Crippen LogP contribution in [0.2, 0.25) is 5.02 Å². The summed E-state index contributed by atoms with van der Waals surface area (Å²) >= 11 is 7.87. The quantitative estimate of drug-likeness (QED) is 0.915. The highest BCUT2D eigenvalue weighted by Crippen LogP contribution is 2.40. The summed E-state index contributed by atoms with van der Waals surface area (Å²) in [6.45, 7) is 0. The molecule has 2 heterocycles. The number of amides is 1. The Bertz CT molecular complexity index is 663. The van der Waals surface area contributed by atoms with Gasteiger partial charge in [0, 0.05) is 33.4 Å². The summed E-state index contributed by atoms with van der Waals surface area (Å²) in [6, 6.07) is 7.27. The SMILES string of the molecule is CNC1C(=O)Nc2cc(Sc3ccncc3)c(Cl)cc21. The third kappa shape index (κ3) is 2.40. The normalized spacial score (nSPS) is 16.9. The first-order chi connectivity index (χ1) is 9.69. The van der Waals surface area contributed by atoms with Crippen molar-refractivity contribution < 1.29 is 4.79 Å². The fourth-order valence-electron chi connectivity index (χ4n) is 2.16. The Morgan fingerprint density at radius 3 is 2.80 bits per heavy atom. The maximum atomic E-state index is 11.8. The van der Waals surface area contributed by atoms with Gasteiger partial charge in [-0.3, -0.25) is 9.78 Å². The lowest BCUT2D eigenvalue weighted by Crippen LogP contribution is -2.23. The van der Waals surface area contributed by atoms with E-state index in [-0.39, 0.29) is 11.9 Å². The Balaban J connectivity index is 1.96. The van der Waals surface area contributed by atoms with Crippen molar-refractivity contribution in [2.45, 2.75) is 15.8 Å². The smallest absolute Gasteiger partial charge is 0.246 e. The van der Waals surface area contributed by atoms with E-state index in [0.29, 0.717) is 5.02 Å². The second kappa shape index (κ2) is 5.44. The zero-order valence-electron chi connectivity index (χ0n) is 10.7. The summed E-state index contributed by atoms with van der Waals surface area (Å²) in [5.74, 6) is -0.0513. The number of nitrogens with zero attached hydrogens (tertiary/aromatic N) is 1. The molecule has 0 aliphatic carbocycles. The third-order valence-corrected chi connectivity index (χ3v) is 4.59. The molecule has 6 heteroatoms. The number of anilines is 1. The van der Waals surface area contributed by atoms with E-state index in [1.807, 2.05) is 24.3 Å². The number of hydrogen-bond acceptors (Lipinski definition) is 4. The van der Waals surface area contributed by atoms with Crippen molar-refractivity contribution in [3.8, 4) is 0 Å². The molecule has 0 fully saturated rings. The fraction of sp³-hybridized carbons (Fsp3) is 0.143. The molecule has 0 saturated carbocycles. The van der Waals surface area contributed by atoms with Gasteiger partial charge in [0.15, 0.2) is 0 Å². The van der Waals surface area contributed by atoms with Crippen molar-refractivity contribution in [1.29, 1.82) is 0 Å². The van der Waals surface area contributed by atoms with Crippen LogP contribution >= 0.6 is 23.4 Å². The van der Waals surface area contributed by atoms with Gasteiger partial charge < -0.3 is 10.6 Å². The third-order valence-electron chi connectivity index (χ3n) is 3.10. The highest BCUT2D eigenvalue weighted by Gasteiger charge is 2.30. The number of pyridine rings is 1. The number of halogens is 1. The number of nitrogens with one attached hydrogen (secondary N) is 2. The van der Waals surface area contributed by atoms with E-state index >= 15 is 0 Å². The van der Waals surface area contributed by atoms with Crippen molar-refractivity contribution in [3.63, 3.8) is 0 Å². The van der Waals surface area contributed by atoms with Gasteiger partial charge in [-0.25, -0.2) is 0 Å². The van der Waals surface area contributed by atoms with Gasteiger partial charge in [0.05, 0.1) is 5.02 Å². The predicted octanol–water partition coefficient (Wildman–Crippen LogP) is 3.10. The van der Waals surface area contributed by atoms with Crippen LogP contribution in [0.25, 0.3) is 0 Å². The van der Waals surface area contributed by atoms with Gasteiger partial charge in [-0.15, -0.1) is 0 Å². The first-order valence-corrected chi connectivity index (χ1v) is 7.28. The van der Waals surface area contributed by atoms with E-state index in [0.717, 1.165) is 21.0 Å². The maximum absolute atomic E-state index is 11.8. The number of carbonyl (C=O) groups is 1. The molecule has 1 aliphatic rings. The van der Waals surface area contributed by atoms with E-state index in [2.05, 4.69) is 15.6 Å². The molecule has 0 bridgehead atoms. The van der Waals surface area contributed by atoms with Gasteiger partial charge in [0.1, 0.15) is 6.04 Å². The second-order valence-electron chi connectivity index (χ2n) is 4.37. The highest BCUT2D eigenvalue weighted by molar-refractivity contribution is 7.99. The summed E-state index contributed by atoms with van der Waals surface area (Å²) in [6.07, 6.45) is 3.48. The van der Waals surface area contributed by atoms with Gasteiger partial charge in [0.2, 0.25) is 5.91 Å². The zero-order valence-corrected chi connectivity index (χ0v) is 12.3. The standard InChI is InChI=1S/C14H12ClN3OS/c1-16-13-9-6-10(15)12(7-11(9)18-14(13)19)20-8-2-4-17-5-3-8/h2-7,13,16H,1H3,(H,18,19). The minimum absolute atomic E-state index is 0.0513. The van der Waals surface area contributed by atoms with Crippen LogP contribution in [0.15, 0.2) is 46.5 Å². The number of hydrogen-bond donors (Lipinski definition) is 2. The Morgan fingerprint density at radius 2 is 2.10 bits per heavy atom. The number of benzene rings is 1. The van der Waals surface area contributed by atoms with E-state index in [1.54, 1.807) is 31.2 Å². The monoisotopic (exact) mass is 305 g/mol. The molecule has 0 spiro atoms. The van der Waals surface area contributed by atoms with Crippen molar-refractivity contribution in [2.75, 3.05) is 12.4 Å². The molecule has 1 aromatic carbocycles. The van der Waals surface area contributed by atoms with Gasteiger partial charge in [0.25, 0.3) is 0 Å². The number of likely N-dealkylation sites (N-methyl/N-ethyl adjacent to an activating group) is 1. The molecule has 1 atom stereocenters. The van der Waals surface area contributed by atoms with Crippen LogP contribution in [0.1, 0.15) is 11.6 Å². The van der Waals surface area contributed by atoms with E-state index < -0.39 is 0 Å². The number of rotatable bonds is 3. The number of fused-ring (bicyclic) bond motifs is 1. The Morgan fingerprint density at radius 1 is 1.35 bits per heavy atom. The molecule has 4 nitrogen and oxygen atoms in total. The summed E-state index contributed by atoms with van der Waals surface area (Å²) < 4.78 is 0. The van der Waals surface area contributed by atoms with Crippen molar-refractivity contribution in [3.05, 3.63) is 47.2 Å². The average Bonchev–Trinajstić information content (AvgIpc) is 2.75. The predicted molar refractivity (Wildman–Crippen MR) is 80.2 cm³/mol. The lowest BCUT2D eigenvalue weighted by Gasteiger charge is -2.09. The molecule has 1 amide bonds. The first kappa shape index (κ1) is 13.4. The number of aromatic nitrogens is 1. The largest absolute Gasteiger partial charge is 0.324 e. The molecule has 0 radical (unpaired) electrons. The Hall–Kier alpha value is -1.56. The molecule has 1 unspecified atom stereocenters. The van der Waals surface area contributed by atoms with Crippen LogP contribution < -0.4 is 10.6 Å². The van der Waals surface area contributed by atoms with E-state index in [9.17, 15) is 4.79 Å². The molecular weight excluding hydrogens is 294 g/mol. The average molecular weight is 306 g/mol. The van der Waals surface area contributed by atoms with Crippen LogP contribution in [0.4, 0.5) is 5.69 Å². The van der Waals surface area contributed by atoms with E-state index in [4.69, 9.17) is 11.6 Å². The van der Waals surface area contributed by atoms with E-state index in [1.165, 1.54) is 0 Å². The zero-order chi connectivity index (χ0) is 14.1. The maximum Gasteiger partial charge on any atom is 0.246 e. The first-order valence-electron chi connectivity index (χ1n) is 6.08. The minimum Gasteiger partial charge on any atom is -0.324 e. The summed E-state index contributed by atoms with van der Waals surface area (Å²) in [4.78, 5) is 17.8. The van der Waals surface area contributed by atoms with Crippen LogP contribution in [-0.4, -0.2) is 17.9 Å². The lowest BCUT2D eigenvalue weighted by atomic mass is 10.1. The Labute approximate surface area is 125 Å². The molecule has 1 aromatic heterocycles. The molecular formula is C14H12ClN3OS. The fourth-order valence-corrected chi connectivity index (χ4v) is 3.29. The number of carbonyl (C=O) groups excluding carboxylic acids is 1. The molecule has 2 N–H and O–H groups in total. The second-order valence-corrected chi connectivity index (χ2v) is 5.89. The van der Waals surface area contributed by atoms with Gasteiger partial charge in [-0.05, 0) is 31.3 Å². The van der Waals surface area contributed by atoms with Crippen LogP contribution in [0.5, 0.6) is 0 Å². The topological polar surface area (TPSA) is 54.0 Å². The van der Waals surface area contributed by atoms with Crippen molar-refractivity contribution in [2.24, 2.45) is 0 Å². The Kier molecular flexibility index (Phi) is 3.65. The summed E-state index contributed by atoms with van der Waals surface area (Å²) in [5, 5.41) is 6.49. The van der Waals surface area contributed by atoms with Gasteiger partial charge in [-0.2, -0.15) is 0 Å². The molecule has 20 heavy (non-hydrogen) atoms. The highest BCUT2D eigenvalue weighted by atomic mass is 35.5. The van der Waals surface area contributed by atoms with Crippen LogP contribution in [-0.2, 0) is 4.79 Å². The van der Waals surface area contributed by atoms with Crippen molar-refractivity contribution in [1.82, 2.24) is 10.3 Å². The van der Waals surface area contributed by atoms with Crippen LogP contribution in [0, 0.1) is 0 Å². The summed E-state index contributed by atoms with van der Waals surface area (Å²) in [5.41, 5.74) is 1.71. The van der Waals surface area contributed by atoms with Gasteiger partial charge >= 0.3 is 0 Å². The molecule has 3 rings (SSSR count). The minimum atomic E-state index is -0.331. The lowest BCUT2D eigenvalue weighted by molar-refractivity contribution is -0.117. The molecule has 1 aliphatic heterocycles. The summed E-state index contributed by atoms with van der Waals surface area (Å²) in [7, 11) is 1.76. The van der Waals surface area contributed by atoms with Crippen LogP contribution in [0.3, 0.4) is 0 Å². The molecule has 102 valence electrons. The molecule has 2 aromatic rings. The molecule has 0 saturated heterocycles. The van der Waals surface area contributed by atoms with Crippen molar-refractivity contribution >= 4 is 35.0 Å². The van der Waals surface area contributed by atoms with Gasteiger partial charge in [-0.1, -0.05) is 23.4 Å².